The molecule has 0 radical (unpaired) electrons. The van der Waals surface area contributed by atoms with E-state index in [2.05, 4.69) is 26.1 Å². The number of hydrogen-bond donors (Lipinski definition) is 2. The lowest BCUT2D eigenvalue weighted by Crippen LogP contribution is -2.52. The minimum Gasteiger partial charge on any atom is -0.480 e. The van der Waals surface area contributed by atoms with Crippen LogP contribution >= 0.6 is 0 Å². The van der Waals surface area contributed by atoms with Crippen molar-refractivity contribution in [1.29, 1.82) is 0 Å². The molecule has 2 atom stereocenters. The Bertz CT molecular complexity index is 320. The topological polar surface area (TPSA) is 66.4 Å². The van der Waals surface area contributed by atoms with Crippen LogP contribution in [0, 0.1) is 11.3 Å². The zero-order valence-electron chi connectivity index (χ0n) is 13.2. The molecule has 112 valence electrons. The Kier molecular flexibility index (Phi) is 6.53. The van der Waals surface area contributed by atoms with Gasteiger partial charge in [0.15, 0.2) is 0 Å². The molecule has 2 unspecified atom stereocenters. The van der Waals surface area contributed by atoms with Crippen LogP contribution in [0.5, 0.6) is 0 Å². The maximum Gasteiger partial charge on any atom is 0.329 e. The third kappa shape index (κ3) is 7.19. The van der Waals surface area contributed by atoms with Gasteiger partial charge in [-0.3, -0.25) is 4.79 Å². The van der Waals surface area contributed by atoms with Crippen LogP contribution in [0.1, 0.15) is 67.2 Å². The van der Waals surface area contributed by atoms with E-state index in [4.69, 9.17) is 0 Å². The van der Waals surface area contributed by atoms with Gasteiger partial charge >= 0.3 is 5.97 Å². The predicted molar refractivity (Wildman–Crippen MR) is 76.9 cm³/mol. The molecule has 19 heavy (non-hydrogen) atoms. The molecule has 4 heteroatoms. The van der Waals surface area contributed by atoms with Gasteiger partial charge in [0.05, 0.1) is 0 Å². The first-order chi connectivity index (χ1) is 8.50. The summed E-state index contributed by atoms with van der Waals surface area (Å²) >= 11 is 0. The average Bonchev–Trinajstić information content (AvgIpc) is 2.13. The van der Waals surface area contributed by atoms with Crippen molar-refractivity contribution >= 4 is 11.9 Å². The van der Waals surface area contributed by atoms with Crippen molar-refractivity contribution in [3.63, 3.8) is 0 Å². The number of rotatable bonds is 7. The highest BCUT2D eigenvalue weighted by Gasteiger charge is 2.34. The van der Waals surface area contributed by atoms with Crippen LogP contribution < -0.4 is 5.32 Å². The lowest BCUT2D eigenvalue weighted by atomic mass is 9.84. The zero-order valence-corrected chi connectivity index (χ0v) is 13.2. The first-order valence-electron chi connectivity index (χ1n) is 7.04. The molecule has 2 N–H and O–H groups in total. The van der Waals surface area contributed by atoms with E-state index < -0.39 is 11.5 Å². The Morgan fingerprint density at radius 1 is 1.21 bits per heavy atom. The third-order valence-electron chi connectivity index (χ3n) is 3.13. The van der Waals surface area contributed by atoms with Gasteiger partial charge < -0.3 is 10.4 Å². The molecule has 0 aromatic carbocycles. The lowest BCUT2D eigenvalue weighted by Gasteiger charge is -2.28. The molecule has 0 rings (SSSR count). The minimum atomic E-state index is -1.15. The molecular weight excluding hydrogens is 242 g/mol. The number of carbonyl (C=O) groups excluding carboxylic acids is 1. The van der Waals surface area contributed by atoms with Gasteiger partial charge in [-0.25, -0.2) is 4.79 Å². The van der Waals surface area contributed by atoms with E-state index in [9.17, 15) is 14.7 Å². The fourth-order valence-corrected chi connectivity index (χ4v) is 2.52. The molecule has 0 saturated heterocycles. The van der Waals surface area contributed by atoms with Crippen molar-refractivity contribution in [2.24, 2.45) is 11.3 Å². The smallest absolute Gasteiger partial charge is 0.329 e. The highest BCUT2D eigenvalue weighted by molar-refractivity contribution is 5.86. The van der Waals surface area contributed by atoms with Crippen LogP contribution in [0.4, 0.5) is 0 Å². The third-order valence-corrected chi connectivity index (χ3v) is 3.13. The summed E-state index contributed by atoms with van der Waals surface area (Å²) in [7, 11) is 0. The summed E-state index contributed by atoms with van der Waals surface area (Å²) in [4.78, 5) is 23.2. The SMILES string of the molecule is CCCC(C)(NC(=O)CC(C)CC(C)(C)C)C(=O)O. The Balaban J connectivity index is 4.47. The summed E-state index contributed by atoms with van der Waals surface area (Å²) in [6.07, 6.45) is 2.49. The molecule has 0 fully saturated rings. The normalized spacial score (nSPS) is 16.5. The van der Waals surface area contributed by atoms with E-state index in [1.165, 1.54) is 0 Å². The number of nitrogens with one attached hydrogen (secondary N) is 1. The lowest BCUT2D eigenvalue weighted by molar-refractivity contribution is -0.147. The summed E-state index contributed by atoms with van der Waals surface area (Å²) in [5.74, 6) is -0.888. The molecule has 4 nitrogen and oxygen atoms in total. The summed E-state index contributed by atoms with van der Waals surface area (Å²) in [5.41, 5.74) is -0.966. The molecule has 0 aromatic heterocycles. The highest BCUT2D eigenvalue weighted by atomic mass is 16.4. The van der Waals surface area contributed by atoms with Gasteiger partial charge in [-0.2, -0.15) is 0 Å². The molecule has 0 saturated carbocycles. The van der Waals surface area contributed by atoms with E-state index in [0.717, 1.165) is 12.8 Å². The molecule has 0 spiro atoms. The maximum absolute atomic E-state index is 12.0. The van der Waals surface area contributed by atoms with Gasteiger partial charge in [0.2, 0.25) is 5.91 Å². The average molecular weight is 271 g/mol. The number of carboxylic acid groups (broad SMARTS) is 1. The number of carboxylic acids is 1. The molecule has 0 aromatic rings. The molecule has 0 aliphatic carbocycles. The van der Waals surface area contributed by atoms with Crippen LogP contribution in [-0.4, -0.2) is 22.5 Å². The second kappa shape index (κ2) is 6.92. The predicted octanol–water partition coefficient (Wildman–Crippen LogP) is 3.21. The first kappa shape index (κ1) is 17.9. The van der Waals surface area contributed by atoms with E-state index in [1.807, 2.05) is 13.8 Å². The minimum absolute atomic E-state index is 0.171. The molecule has 0 bridgehead atoms. The fraction of sp³-hybridized carbons (Fsp3) is 0.867. The second-order valence-electron chi connectivity index (χ2n) is 7.01. The first-order valence-corrected chi connectivity index (χ1v) is 7.04. The number of amides is 1. The van der Waals surface area contributed by atoms with Crippen molar-refractivity contribution in [1.82, 2.24) is 5.32 Å². The van der Waals surface area contributed by atoms with Crippen LogP contribution in [-0.2, 0) is 9.59 Å². The van der Waals surface area contributed by atoms with E-state index in [0.29, 0.717) is 12.8 Å². The maximum atomic E-state index is 12.0. The van der Waals surface area contributed by atoms with Gasteiger partial charge in [-0.05, 0) is 31.1 Å². The highest BCUT2D eigenvalue weighted by Crippen LogP contribution is 2.26. The molecular formula is C15H29NO3. The summed E-state index contributed by atoms with van der Waals surface area (Å²) < 4.78 is 0. The Labute approximate surface area is 117 Å². The van der Waals surface area contributed by atoms with Gasteiger partial charge in [-0.15, -0.1) is 0 Å². The summed E-state index contributed by atoms with van der Waals surface area (Å²) in [5, 5.41) is 11.9. The van der Waals surface area contributed by atoms with Crippen LogP contribution in [0.15, 0.2) is 0 Å². The van der Waals surface area contributed by atoms with Crippen molar-refractivity contribution in [2.75, 3.05) is 0 Å². The van der Waals surface area contributed by atoms with Crippen LogP contribution in [0.3, 0.4) is 0 Å². The Morgan fingerprint density at radius 3 is 2.11 bits per heavy atom. The van der Waals surface area contributed by atoms with Crippen LogP contribution in [0.2, 0.25) is 0 Å². The van der Waals surface area contributed by atoms with Gasteiger partial charge in [0.25, 0.3) is 0 Å². The van der Waals surface area contributed by atoms with Gasteiger partial charge in [0.1, 0.15) is 5.54 Å². The van der Waals surface area contributed by atoms with Crippen LogP contribution in [0.25, 0.3) is 0 Å². The zero-order chi connectivity index (χ0) is 15.3. The summed E-state index contributed by atoms with van der Waals surface area (Å²) in [6.45, 7) is 11.9. The van der Waals surface area contributed by atoms with Gasteiger partial charge in [0, 0.05) is 6.42 Å². The van der Waals surface area contributed by atoms with Gasteiger partial charge in [-0.1, -0.05) is 41.0 Å². The van der Waals surface area contributed by atoms with Crippen molar-refractivity contribution in [3.05, 3.63) is 0 Å². The van der Waals surface area contributed by atoms with E-state index in [1.54, 1.807) is 6.92 Å². The summed E-state index contributed by atoms with van der Waals surface area (Å²) in [6, 6.07) is 0. The molecule has 0 aliphatic rings. The van der Waals surface area contributed by atoms with Crippen molar-refractivity contribution in [3.8, 4) is 0 Å². The van der Waals surface area contributed by atoms with Crippen molar-refractivity contribution < 1.29 is 14.7 Å². The second-order valence-corrected chi connectivity index (χ2v) is 7.01. The number of aliphatic carboxylic acids is 1. The van der Waals surface area contributed by atoms with E-state index in [-0.39, 0.29) is 17.2 Å². The molecule has 0 aliphatic heterocycles. The Morgan fingerprint density at radius 2 is 1.74 bits per heavy atom. The largest absolute Gasteiger partial charge is 0.480 e. The fourth-order valence-electron chi connectivity index (χ4n) is 2.52. The molecule has 1 amide bonds. The number of hydrogen-bond acceptors (Lipinski definition) is 2. The number of carbonyl (C=O) groups is 2. The quantitative estimate of drug-likeness (QED) is 0.747. The molecule has 0 heterocycles. The monoisotopic (exact) mass is 271 g/mol. The standard InChI is InChI=1S/C15H29NO3/c1-7-8-15(6,13(18)19)16-12(17)9-11(2)10-14(3,4)5/h11H,7-10H2,1-6H3,(H,16,17)(H,18,19). The Hall–Kier alpha value is -1.06. The van der Waals surface area contributed by atoms with E-state index >= 15 is 0 Å². The van der Waals surface area contributed by atoms with Crippen molar-refractivity contribution in [2.45, 2.75) is 72.8 Å².